The van der Waals surface area contributed by atoms with Crippen LogP contribution in [-0.4, -0.2) is 65.0 Å². The van der Waals surface area contributed by atoms with Gasteiger partial charge >= 0.3 is 0 Å². The normalized spacial score (nSPS) is 21.2. The molecule has 2 amide bonds. The van der Waals surface area contributed by atoms with Crippen molar-refractivity contribution in [2.45, 2.75) is 60.6 Å². The minimum atomic E-state index is -3.89. The second-order valence-electron chi connectivity index (χ2n) is 11.2. The molecule has 0 unspecified atom stereocenters. The van der Waals surface area contributed by atoms with Gasteiger partial charge in [0.15, 0.2) is 0 Å². The van der Waals surface area contributed by atoms with Crippen LogP contribution in [0.1, 0.15) is 37.7 Å². The molecule has 2 aromatic heterocycles. The highest BCUT2D eigenvalue weighted by Gasteiger charge is 2.53. The molecule has 6 rings (SSSR count). The SMILES string of the molecule is O=C(Nc1ccc2[nH]ncc2n1)[C@H]1C[C@@H](F)CN1C(=O)C1(c2ccc(NS(=O)(=O)c3ccccc3)cc2)CCC(F)(F)CC1. The molecule has 1 saturated heterocycles. The molecule has 230 valence electrons. The molecule has 4 aromatic rings. The molecule has 2 fully saturated rings. The number of hydrogen-bond donors (Lipinski definition) is 3. The predicted octanol–water partition coefficient (Wildman–Crippen LogP) is 4.78. The molecule has 44 heavy (non-hydrogen) atoms. The van der Waals surface area contributed by atoms with Crippen molar-refractivity contribution in [2.24, 2.45) is 0 Å². The molecule has 10 nitrogen and oxygen atoms in total. The number of halogens is 3. The van der Waals surface area contributed by atoms with Crippen molar-refractivity contribution >= 4 is 44.4 Å². The summed E-state index contributed by atoms with van der Waals surface area (Å²) >= 11 is 0. The first-order valence-electron chi connectivity index (χ1n) is 14.1. The molecule has 0 radical (unpaired) electrons. The number of fused-ring (bicyclic) bond motifs is 1. The molecule has 14 heteroatoms. The summed E-state index contributed by atoms with van der Waals surface area (Å²) in [5, 5.41) is 9.29. The van der Waals surface area contributed by atoms with Crippen LogP contribution < -0.4 is 10.0 Å². The zero-order chi connectivity index (χ0) is 31.1. The Bertz CT molecular complexity index is 1790. The maximum atomic E-state index is 14.8. The summed E-state index contributed by atoms with van der Waals surface area (Å²) in [6, 6.07) is 15.7. The van der Waals surface area contributed by atoms with Crippen molar-refractivity contribution in [3.05, 3.63) is 78.5 Å². The Labute approximate surface area is 251 Å². The molecule has 1 aliphatic carbocycles. The van der Waals surface area contributed by atoms with Crippen LogP contribution in [0, 0.1) is 0 Å². The van der Waals surface area contributed by atoms with Gasteiger partial charge in [-0.3, -0.25) is 19.4 Å². The van der Waals surface area contributed by atoms with E-state index in [0.29, 0.717) is 16.6 Å². The minimum absolute atomic E-state index is 0.0595. The zero-order valence-corrected chi connectivity index (χ0v) is 24.2. The highest BCUT2D eigenvalue weighted by molar-refractivity contribution is 7.92. The number of anilines is 2. The highest BCUT2D eigenvalue weighted by Crippen LogP contribution is 2.47. The van der Waals surface area contributed by atoms with Gasteiger partial charge in [-0.1, -0.05) is 30.3 Å². The lowest BCUT2D eigenvalue weighted by Gasteiger charge is -2.42. The number of rotatable bonds is 7. The molecule has 0 spiro atoms. The van der Waals surface area contributed by atoms with Crippen LogP contribution in [-0.2, 0) is 25.0 Å². The molecular formula is C30H29F3N6O4S. The summed E-state index contributed by atoms with van der Waals surface area (Å²) < 4.78 is 71.6. The summed E-state index contributed by atoms with van der Waals surface area (Å²) in [5.41, 5.74) is 0.288. The number of likely N-dealkylation sites (tertiary alicyclic amines) is 1. The van der Waals surface area contributed by atoms with Crippen LogP contribution in [0.25, 0.3) is 11.0 Å². The number of nitrogens with zero attached hydrogens (tertiary/aromatic N) is 3. The number of aromatic nitrogens is 3. The number of benzene rings is 2. The average Bonchev–Trinajstić information content (AvgIpc) is 3.64. The van der Waals surface area contributed by atoms with Crippen molar-refractivity contribution < 1.29 is 31.2 Å². The largest absolute Gasteiger partial charge is 0.327 e. The Morgan fingerprint density at radius 2 is 1.66 bits per heavy atom. The Kier molecular flexibility index (Phi) is 7.56. The number of hydrogen-bond acceptors (Lipinski definition) is 6. The van der Waals surface area contributed by atoms with Gasteiger partial charge in [0.1, 0.15) is 23.5 Å². The standard InChI is InChI=1S/C30H29F3N6O4S/c31-20-16-25(27(40)36-26-11-10-23-24(35-26)17-34-37-23)39(18-20)28(41)29(12-14-30(32,33)15-13-29)19-6-8-21(9-7-19)38-44(42,43)22-4-2-1-3-5-22/h1-11,17,20,25,38H,12-16,18H2,(H,34,37)(H,35,36,40)/t20-,25-/m1/s1. The second-order valence-corrected chi connectivity index (χ2v) is 12.9. The molecular weight excluding hydrogens is 597 g/mol. The van der Waals surface area contributed by atoms with Gasteiger partial charge < -0.3 is 10.2 Å². The van der Waals surface area contributed by atoms with E-state index in [9.17, 15) is 31.2 Å². The summed E-state index contributed by atoms with van der Waals surface area (Å²) in [6.45, 7) is -0.363. The topological polar surface area (TPSA) is 137 Å². The number of carbonyl (C=O) groups excluding carboxylic acids is 2. The molecule has 2 atom stereocenters. The van der Waals surface area contributed by atoms with E-state index in [1.807, 2.05) is 0 Å². The first-order valence-corrected chi connectivity index (χ1v) is 15.6. The summed E-state index contributed by atoms with van der Waals surface area (Å²) in [6.07, 6.45) is -1.86. The fraction of sp³-hybridized carbons (Fsp3) is 0.333. The highest BCUT2D eigenvalue weighted by atomic mass is 32.2. The Hall–Kier alpha value is -4.46. The zero-order valence-electron chi connectivity index (χ0n) is 23.3. The van der Waals surface area contributed by atoms with Crippen molar-refractivity contribution in [1.29, 1.82) is 0 Å². The number of sulfonamides is 1. The average molecular weight is 627 g/mol. The van der Waals surface area contributed by atoms with Gasteiger partial charge in [0.25, 0.3) is 10.0 Å². The van der Waals surface area contributed by atoms with Crippen LogP contribution in [0.15, 0.2) is 77.8 Å². The van der Waals surface area contributed by atoms with Gasteiger partial charge in [0.2, 0.25) is 17.7 Å². The van der Waals surface area contributed by atoms with E-state index in [2.05, 4.69) is 25.2 Å². The molecule has 1 saturated carbocycles. The van der Waals surface area contributed by atoms with Crippen LogP contribution in [0.4, 0.5) is 24.7 Å². The minimum Gasteiger partial charge on any atom is -0.327 e. The van der Waals surface area contributed by atoms with Gasteiger partial charge in [-0.25, -0.2) is 26.6 Å². The first kappa shape index (κ1) is 29.6. The van der Waals surface area contributed by atoms with Crippen molar-refractivity contribution in [3.63, 3.8) is 0 Å². The van der Waals surface area contributed by atoms with Crippen LogP contribution in [0.2, 0.25) is 0 Å². The fourth-order valence-corrected chi connectivity index (χ4v) is 7.06. The van der Waals surface area contributed by atoms with E-state index in [1.54, 1.807) is 30.3 Å². The maximum absolute atomic E-state index is 14.8. The molecule has 3 N–H and O–H groups in total. The maximum Gasteiger partial charge on any atom is 0.261 e. The van der Waals surface area contributed by atoms with Gasteiger partial charge in [0.05, 0.1) is 28.6 Å². The van der Waals surface area contributed by atoms with E-state index in [-0.39, 0.29) is 42.2 Å². The molecule has 0 bridgehead atoms. The first-order chi connectivity index (χ1) is 21.0. The van der Waals surface area contributed by atoms with Crippen molar-refractivity contribution in [1.82, 2.24) is 20.1 Å². The third kappa shape index (κ3) is 5.73. The number of carbonyl (C=O) groups is 2. The molecule has 2 aromatic carbocycles. The lowest BCUT2D eigenvalue weighted by atomic mass is 9.67. The number of nitrogens with one attached hydrogen (secondary N) is 3. The van der Waals surface area contributed by atoms with E-state index < -0.39 is 58.2 Å². The third-order valence-electron chi connectivity index (χ3n) is 8.35. The van der Waals surface area contributed by atoms with Crippen molar-refractivity contribution in [2.75, 3.05) is 16.6 Å². The number of aromatic amines is 1. The Balaban J connectivity index is 1.27. The number of amides is 2. The lowest BCUT2D eigenvalue weighted by Crippen LogP contribution is -2.54. The van der Waals surface area contributed by atoms with E-state index in [1.165, 1.54) is 42.6 Å². The molecule has 2 aliphatic rings. The molecule has 1 aliphatic heterocycles. The number of alkyl halides is 3. The van der Waals surface area contributed by atoms with Gasteiger partial charge in [-0.05, 0) is 54.8 Å². The fourth-order valence-electron chi connectivity index (χ4n) is 5.98. The van der Waals surface area contributed by atoms with E-state index >= 15 is 0 Å². The van der Waals surface area contributed by atoms with E-state index in [0.717, 1.165) is 4.90 Å². The number of H-pyrrole nitrogens is 1. The third-order valence-corrected chi connectivity index (χ3v) is 9.75. The summed E-state index contributed by atoms with van der Waals surface area (Å²) in [7, 11) is -3.89. The van der Waals surface area contributed by atoms with Crippen LogP contribution in [0.5, 0.6) is 0 Å². The second kappa shape index (κ2) is 11.2. The van der Waals surface area contributed by atoms with Gasteiger partial charge in [-0.2, -0.15) is 5.10 Å². The van der Waals surface area contributed by atoms with E-state index in [4.69, 9.17) is 0 Å². The smallest absolute Gasteiger partial charge is 0.261 e. The molecule has 3 heterocycles. The monoisotopic (exact) mass is 626 g/mol. The van der Waals surface area contributed by atoms with Gasteiger partial charge in [0, 0.05) is 24.9 Å². The Morgan fingerprint density at radius 1 is 0.955 bits per heavy atom. The summed E-state index contributed by atoms with van der Waals surface area (Å²) in [5.74, 6) is -4.05. The lowest BCUT2D eigenvalue weighted by molar-refractivity contribution is -0.146. The van der Waals surface area contributed by atoms with Crippen LogP contribution in [0.3, 0.4) is 0 Å². The van der Waals surface area contributed by atoms with Gasteiger partial charge in [-0.15, -0.1) is 0 Å². The van der Waals surface area contributed by atoms with Crippen LogP contribution >= 0.6 is 0 Å². The summed E-state index contributed by atoms with van der Waals surface area (Å²) in [4.78, 5) is 33.1. The quantitative estimate of drug-likeness (QED) is 0.270. The number of pyridine rings is 1. The Morgan fingerprint density at radius 3 is 2.36 bits per heavy atom. The predicted molar refractivity (Wildman–Crippen MR) is 156 cm³/mol. The van der Waals surface area contributed by atoms with Crippen molar-refractivity contribution in [3.8, 4) is 0 Å².